The van der Waals surface area contributed by atoms with E-state index < -0.39 is 0 Å². The Bertz CT molecular complexity index is 1350. The number of nitrogens with zero attached hydrogens (tertiary/aromatic N) is 6. The van der Waals surface area contributed by atoms with Crippen molar-refractivity contribution in [2.24, 2.45) is 0 Å². The van der Waals surface area contributed by atoms with Crippen LogP contribution in [0.15, 0.2) is 51.9 Å². The van der Waals surface area contributed by atoms with Gasteiger partial charge in [0, 0.05) is 6.07 Å². The minimum atomic E-state index is -0.132. The van der Waals surface area contributed by atoms with Crippen molar-refractivity contribution in [3.05, 3.63) is 70.1 Å². The van der Waals surface area contributed by atoms with Crippen molar-refractivity contribution >= 4 is 16.5 Å². The Morgan fingerprint density at radius 1 is 1.15 bits per heavy atom. The van der Waals surface area contributed by atoms with Crippen molar-refractivity contribution in [3.8, 4) is 0 Å². The van der Waals surface area contributed by atoms with Gasteiger partial charge in [-0.1, -0.05) is 42.4 Å². The average molecular weight is 447 g/mol. The fraction of sp³-hybridized carbons (Fsp3) is 0.440. The van der Waals surface area contributed by atoms with Gasteiger partial charge in [0.25, 0.3) is 5.56 Å². The van der Waals surface area contributed by atoms with Crippen LogP contribution in [-0.4, -0.2) is 29.5 Å². The molecule has 0 bridgehead atoms. The standard InChI is InChI=1S/C25H30N6O2/c1-17(2)22-13-20(33-27-22)15-30-24-12-8-7-11-21(24)25(32)31(30)18(3)14-29-16-23(26-28-29)19-9-5-4-6-10-19/h7-9,11-13,16-18H,4-6,10,14-15H2,1-3H3. The quantitative estimate of drug-likeness (QED) is 0.408. The van der Waals surface area contributed by atoms with Crippen LogP contribution in [0.1, 0.15) is 75.6 Å². The number of fused-ring (bicyclic) bond motifs is 1. The highest BCUT2D eigenvalue weighted by Crippen LogP contribution is 2.25. The molecule has 1 aliphatic carbocycles. The van der Waals surface area contributed by atoms with Gasteiger partial charge in [0.05, 0.1) is 35.4 Å². The summed E-state index contributed by atoms with van der Waals surface area (Å²) in [5, 5.41) is 13.6. The molecule has 4 aromatic rings. The third-order valence-corrected chi connectivity index (χ3v) is 6.38. The van der Waals surface area contributed by atoms with Gasteiger partial charge >= 0.3 is 0 Å². The second kappa shape index (κ2) is 8.84. The minimum absolute atomic E-state index is 0.0166. The Kier molecular flexibility index (Phi) is 5.74. The van der Waals surface area contributed by atoms with E-state index in [0.717, 1.165) is 35.5 Å². The first-order valence-corrected chi connectivity index (χ1v) is 11.8. The molecule has 172 valence electrons. The Morgan fingerprint density at radius 3 is 2.76 bits per heavy atom. The topological polar surface area (TPSA) is 83.7 Å². The molecular formula is C25H30N6O2. The van der Waals surface area contributed by atoms with Gasteiger partial charge in [0.2, 0.25) is 0 Å². The molecule has 0 radical (unpaired) electrons. The van der Waals surface area contributed by atoms with Crippen LogP contribution in [-0.2, 0) is 13.1 Å². The number of aromatic nitrogens is 6. The summed E-state index contributed by atoms with van der Waals surface area (Å²) in [6.45, 7) is 7.19. The summed E-state index contributed by atoms with van der Waals surface area (Å²) in [5.41, 5.74) is 3.99. The third-order valence-electron chi connectivity index (χ3n) is 6.38. The van der Waals surface area contributed by atoms with Gasteiger partial charge < -0.3 is 4.52 Å². The molecule has 0 saturated heterocycles. The molecule has 8 heteroatoms. The Hall–Kier alpha value is -3.42. The van der Waals surface area contributed by atoms with Gasteiger partial charge in [-0.2, -0.15) is 0 Å². The van der Waals surface area contributed by atoms with E-state index in [9.17, 15) is 4.79 Å². The lowest BCUT2D eigenvalue weighted by Gasteiger charge is -2.18. The second-order valence-corrected chi connectivity index (χ2v) is 9.25. The maximum Gasteiger partial charge on any atom is 0.274 e. The molecule has 0 saturated carbocycles. The highest BCUT2D eigenvalue weighted by molar-refractivity contribution is 5.78. The Balaban J connectivity index is 1.47. The van der Waals surface area contributed by atoms with Gasteiger partial charge in [-0.3, -0.25) is 9.48 Å². The lowest BCUT2D eigenvalue weighted by molar-refractivity contribution is 0.318. The maximum atomic E-state index is 13.4. The smallest absolute Gasteiger partial charge is 0.274 e. The first kappa shape index (κ1) is 21.4. The first-order chi connectivity index (χ1) is 16.0. The second-order valence-electron chi connectivity index (χ2n) is 9.25. The van der Waals surface area contributed by atoms with E-state index in [1.165, 1.54) is 18.4 Å². The minimum Gasteiger partial charge on any atom is -0.359 e. The molecule has 3 aromatic heterocycles. The molecular weight excluding hydrogens is 416 g/mol. The molecule has 0 amide bonds. The van der Waals surface area contributed by atoms with Crippen LogP contribution in [0.25, 0.3) is 16.5 Å². The van der Waals surface area contributed by atoms with Crippen LogP contribution in [0.3, 0.4) is 0 Å². The van der Waals surface area contributed by atoms with Crippen molar-refractivity contribution in [1.82, 2.24) is 29.5 Å². The largest absolute Gasteiger partial charge is 0.359 e. The van der Waals surface area contributed by atoms with Gasteiger partial charge in [0.15, 0.2) is 5.76 Å². The normalized spacial score (nSPS) is 15.3. The molecule has 1 unspecified atom stereocenters. The SMILES string of the molecule is CC(C)c1cc(Cn2c3ccccc3c(=O)n2C(C)Cn2cc(C3=CCCCC3)nn2)on1. The number of allylic oxidation sites excluding steroid dienone is 2. The lowest BCUT2D eigenvalue weighted by Crippen LogP contribution is -2.29. The highest BCUT2D eigenvalue weighted by atomic mass is 16.5. The van der Waals surface area contributed by atoms with Crippen molar-refractivity contribution in [1.29, 1.82) is 0 Å². The van der Waals surface area contributed by atoms with Crippen LogP contribution in [0, 0.1) is 0 Å². The molecule has 1 aliphatic rings. The average Bonchev–Trinajstić information content (AvgIpc) is 3.54. The summed E-state index contributed by atoms with van der Waals surface area (Å²) in [7, 11) is 0. The zero-order valence-corrected chi connectivity index (χ0v) is 19.4. The third kappa shape index (κ3) is 4.17. The van der Waals surface area contributed by atoms with E-state index in [1.807, 2.05) is 57.5 Å². The van der Waals surface area contributed by atoms with Crippen LogP contribution in [0.4, 0.5) is 0 Å². The summed E-state index contributed by atoms with van der Waals surface area (Å²) < 4.78 is 11.2. The van der Waals surface area contributed by atoms with Crippen LogP contribution in [0.2, 0.25) is 0 Å². The van der Waals surface area contributed by atoms with E-state index in [-0.39, 0.29) is 17.5 Å². The summed E-state index contributed by atoms with van der Waals surface area (Å²) >= 11 is 0. The van der Waals surface area contributed by atoms with Crippen molar-refractivity contribution < 1.29 is 4.52 Å². The summed E-state index contributed by atoms with van der Waals surface area (Å²) in [5.74, 6) is 1.01. The summed E-state index contributed by atoms with van der Waals surface area (Å²) in [6, 6.07) is 9.54. The predicted octanol–water partition coefficient (Wildman–Crippen LogP) is 4.77. The number of benzene rings is 1. The summed E-state index contributed by atoms with van der Waals surface area (Å²) in [6.07, 6.45) is 8.87. The van der Waals surface area contributed by atoms with Crippen molar-refractivity contribution in [2.45, 2.75) is 71.5 Å². The number of hydrogen-bond donors (Lipinski definition) is 0. The van der Waals surface area contributed by atoms with Crippen LogP contribution >= 0.6 is 0 Å². The fourth-order valence-corrected chi connectivity index (χ4v) is 4.60. The molecule has 0 N–H and O–H groups in total. The van der Waals surface area contributed by atoms with Gasteiger partial charge in [0.1, 0.15) is 12.2 Å². The first-order valence-electron chi connectivity index (χ1n) is 11.8. The van der Waals surface area contributed by atoms with Crippen molar-refractivity contribution in [2.75, 3.05) is 0 Å². The Morgan fingerprint density at radius 2 is 2.00 bits per heavy atom. The van der Waals surface area contributed by atoms with Crippen LogP contribution in [0.5, 0.6) is 0 Å². The van der Waals surface area contributed by atoms with E-state index in [2.05, 4.69) is 35.4 Å². The number of hydrogen-bond acceptors (Lipinski definition) is 5. The van der Waals surface area contributed by atoms with Gasteiger partial charge in [-0.15, -0.1) is 5.10 Å². The molecule has 0 fully saturated rings. The van der Waals surface area contributed by atoms with Gasteiger partial charge in [-0.05, 0) is 56.2 Å². The van der Waals surface area contributed by atoms with Gasteiger partial charge in [-0.25, -0.2) is 9.36 Å². The Labute approximate surface area is 192 Å². The molecule has 1 atom stereocenters. The van der Waals surface area contributed by atoms with E-state index in [4.69, 9.17) is 4.52 Å². The predicted molar refractivity (Wildman–Crippen MR) is 127 cm³/mol. The van der Waals surface area contributed by atoms with E-state index >= 15 is 0 Å². The zero-order chi connectivity index (χ0) is 22.9. The molecule has 1 aromatic carbocycles. The molecule has 3 heterocycles. The molecule has 0 spiro atoms. The monoisotopic (exact) mass is 446 g/mol. The van der Waals surface area contributed by atoms with Crippen molar-refractivity contribution in [3.63, 3.8) is 0 Å². The highest BCUT2D eigenvalue weighted by Gasteiger charge is 2.21. The fourth-order valence-electron chi connectivity index (χ4n) is 4.60. The molecule has 5 rings (SSSR count). The van der Waals surface area contributed by atoms with E-state index in [1.54, 1.807) is 0 Å². The summed E-state index contributed by atoms with van der Waals surface area (Å²) in [4.78, 5) is 13.4. The number of rotatable bonds is 7. The van der Waals surface area contributed by atoms with E-state index in [0.29, 0.717) is 18.5 Å². The molecule has 8 nitrogen and oxygen atoms in total. The maximum absolute atomic E-state index is 13.4. The number of para-hydroxylation sites is 1. The lowest BCUT2D eigenvalue weighted by atomic mass is 9.98. The molecule has 33 heavy (non-hydrogen) atoms. The van der Waals surface area contributed by atoms with Crippen LogP contribution < -0.4 is 5.56 Å². The molecule has 0 aliphatic heterocycles. The zero-order valence-electron chi connectivity index (χ0n) is 19.4.